The van der Waals surface area contributed by atoms with Gasteiger partial charge < -0.3 is 5.32 Å². The van der Waals surface area contributed by atoms with Gasteiger partial charge >= 0.3 is 0 Å². The van der Waals surface area contributed by atoms with Crippen molar-refractivity contribution in [2.45, 2.75) is 32.4 Å². The number of thiazole rings is 1. The van der Waals surface area contributed by atoms with Crippen molar-refractivity contribution in [2.75, 3.05) is 13.1 Å². The van der Waals surface area contributed by atoms with Crippen molar-refractivity contribution in [3.05, 3.63) is 64.7 Å². The summed E-state index contributed by atoms with van der Waals surface area (Å²) in [6.45, 7) is 3.99. The van der Waals surface area contributed by atoms with Crippen LogP contribution in [0.15, 0.2) is 48.0 Å². The second-order valence-electron chi connectivity index (χ2n) is 6.87. The SMILES string of the molecule is O=C(NCc1ccc(CN2CCCCC2)cc1)c1ccc2ncsc2c1. The molecule has 0 aliphatic carbocycles. The minimum absolute atomic E-state index is 0.0438. The number of hydrogen-bond donors (Lipinski definition) is 1. The molecule has 4 nitrogen and oxygen atoms in total. The summed E-state index contributed by atoms with van der Waals surface area (Å²) in [5.74, 6) is -0.0438. The lowest BCUT2D eigenvalue weighted by molar-refractivity contribution is 0.0951. The molecule has 2 heterocycles. The Bertz CT molecular complexity index is 882. The zero-order chi connectivity index (χ0) is 17.8. The monoisotopic (exact) mass is 365 g/mol. The summed E-state index contributed by atoms with van der Waals surface area (Å²) in [4.78, 5) is 19.1. The highest BCUT2D eigenvalue weighted by atomic mass is 32.1. The summed E-state index contributed by atoms with van der Waals surface area (Å²) in [5.41, 5.74) is 5.90. The Morgan fingerprint density at radius 3 is 2.62 bits per heavy atom. The molecule has 3 aromatic rings. The number of amides is 1. The second-order valence-corrected chi connectivity index (χ2v) is 7.76. The van der Waals surface area contributed by atoms with E-state index in [4.69, 9.17) is 0 Å². The summed E-state index contributed by atoms with van der Waals surface area (Å²) in [5, 5.41) is 3.01. The van der Waals surface area contributed by atoms with Crippen LogP contribution in [0, 0.1) is 0 Å². The predicted molar refractivity (Wildman–Crippen MR) is 106 cm³/mol. The second kappa shape index (κ2) is 7.98. The highest BCUT2D eigenvalue weighted by Crippen LogP contribution is 2.19. The Kier molecular flexibility index (Phi) is 5.27. The lowest BCUT2D eigenvalue weighted by atomic mass is 10.1. The quantitative estimate of drug-likeness (QED) is 0.737. The van der Waals surface area contributed by atoms with Gasteiger partial charge in [0.05, 0.1) is 15.7 Å². The van der Waals surface area contributed by atoms with Gasteiger partial charge in [-0.1, -0.05) is 30.7 Å². The Labute approximate surface area is 157 Å². The zero-order valence-corrected chi connectivity index (χ0v) is 15.6. The van der Waals surface area contributed by atoms with Crippen molar-refractivity contribution in [3.63, 3.8) is 0 Å². The molecule has 0 bridgehead atoms. The number of benzene rings is 2. The van der Waals surface area contributed by atoms with Crippen LogP contribution in [0.3, 0.4) is 0 Å². The molecule has 4 rings (SSSR count). The first-order chi connectivity index (χ1) is 12.8. The van der Waals surface area contributed by atoms with Crippen LogP contribution >= 0.6 is 11.3 Å². The van der Waals surface area contributed by atoms with E-state index in [9.17, 15) is 4.79 Å². The van der Waals surface area contributed by atoms with E-state index in [1.807, 2.05) is 18.2 Å². The smallest absolute Gasteiger partial charge is 0.251 e. The Hall–Kier alpha value is -2.24. The van der Waals surface area contributed by atoms with Gasteiger partial charge in [-0.3, -0.25) is 9.69 Å². The molecule has 0 spiro atoms. The third-order valence-electron chi connectivity index (χ3n) is 4.92. The number of hydrogen-bond acceptors (Lipinski definition) is 4. The minimum atomic E-state index is -0.0438. The van der Waals surface area contributed by atoms with Crippen molar-refractivity contribution in [3.8, 4) is 0 Å². The van der Waals surface area contributed by atoms with E-state index >= 15 is 0 Å². The molecular weight excluding hydrogens is 342 g/mol. The first kappa shape index (κ1) is 17.2. The molecule has 1 aliphatic heterocycles. The van der Waals surface area contributed by atoms with Crippen molar-refractivity contribution in [1.82, 2.24) is 15.2 Å². The van der Waals surface area contributed by atoms with Crippen molar-refractivity contribution < 1.29 is 4.79 Å². The normalized spacial score (nSPS) is 15.2. The Morgan fingerprint density at radius 1 is 1.04 bits per heavy atom. The number of fused-ring (bicyclic) bond motifs is 1. The molecule has 1 N–H and O–H groups in total. The van der Waals surface area contributed by atoms with Crippen molar-refractivity contribution in [2.24, 2.45) is 0 Å². The maximum Gasteiger partial charge on any atom is 0.251 e. The predicted octanol–water partition coefficient (Wildman–Crippen LogP) is 4.21. The van der Waals surface area contributed by atoms with Gasteiger partial charge in [0.1, 0.15) is 0 Å². The largest absolute Gasteiger partial charge is 0.348 e. The highest BCUT2D eigenvalue weighted by molar-refractivity contribution is 7.16. The summed E-state index contributed by atoms with van der Waals surface area (Å²) in [7, 11) is 0. The van der Waals surface area contributed by atoms with E-state index in [1.165, 1.54) is 37.9 Å². The lowest BCUT2D eigenvalue weighted by Crippen LogP contribution is -2.29. The van der Waals surface area contributed by atoms with Crippen LogP contribution in [0.25, 0.3) is 10.2 Å². The topological polar surface area (TPSA) is 45.2 Å². The van der Waals surface area contributed by atoms with Crippen LogP contribution in [0.2, 0.25) is 0 Å². The van der Waals surface area contributed by atoms with E-state index in [-0.39, 0.29) is 5.91 Å². The number of nitrogens with one attached hydrogen (secondary N) is 1. The fourth-order valence-corrected chi connectivity index (χ4v) is 4.14. The van der Waals surface area contributed by atoms with Crippen LogP contribution in [0.4, 0.5) is 0 Å². The van der Waals surface area contributed by atoms with Crippen LogP contribution in [0.1, 0.15) is 40.7 Å². The van der Waals surface area contributed by atoms with E-state index in [2.05, 4.69) is 39.5 Å². The molecule has 26 heavy (non-hydrogen) atoms. The first-order valence-corrected chi connectivity index (χ1v) is 10.1. The van der Waals surface area contributed by atoms with Crippen LogP contribution < -0.4 is 5.32 Å². The molecule has 0 atom stereocenters. The number of nitrogens with zero attached hydrogens (tertiary/aromatic N) is 2. The number of carbonyl (C=O) groups excluding carboxylic acids is 1. The van der Waals surface area contributed by atoms with E-state index in [0.717, 1.165) is 22.3 Å². The molecule has 0 saturated carbocycles. The first-order valence-electron chi connectivity index (χ1n) is 9.19. The fourth-order valence-electron chi connectivity index (χ4n) is 3.42. The number of rotatable bonds is 5. The van der Waals surface area contributed by atoms with Gasteiger partial charge in [0, 0.05) is 18.7 Å². The average Bonchev–Trinajstić information content (AvgIpc) is 3.16. The molecule has 1 aliphatic rings. The van der Waals surface area contributed by atoms with Gasteiger partial charge in [-0.05, 0) is 55.3 Å². The third kappa shape index (κ3) is 4.11. The van der Waals surface area contributed by atoms with E-state index in [0.29, 0.717) is 12.1 Å². The number of likely N-dealkylation sites (tertiary alicyclic amines) is 1. The summed E-state index contributed by atoms with van der Waals surface area (Å²) in [6.07, 6.45) is 4.00. The van der Waals surface area contributed by atoms with Gasteiger partial charge in [-0.15, -0.1) is 11.3 Å². The average molecular weight is 366 g/mol. The Balaban J connectivity index is 1.32. The number of piperidine rings is 1. The lowest BCUT2D eigenvalue weighted by Gasteiger charge is -2.26. The molecule has 0 radical (unpaired) electrons. The van der Waals surface area contributed by atoms with Crippen molar-refractivity contribution in [1.29, 1.82) is 0 Å². The molecule has 1 saturated heterocycles. The standard InChI is InChI=1S/C21H23N3OS/c25-21(18-8-9-19-20(12-18)26-15-23-19)22-13-16-4-6-17(7-5-16)14-24-10-2-1-3-11-24/h4-9,12,15H,1-3,10-11,13-14H2,(H,22,25). The molecule has 1 fully saturated rings. The summed E-state index contributed by atoms with van der Waals surface area (Å²) in [6, 6.07) is 14.2. The molecule has 1 amide bonds. The molecular formula is C21H23N3OS. The molecule has 2 aromatic carbocycles. The summed E-state index contributed by atoms with van der Waals surface area (Å²) < 4.78 is 1.04. The van der Waals surface area contributed by atoms with Gasteiger partial charge in [0.25, 0.3) is 5.91 Å². The molecule has 5 heteroatoms. The van der Waals surface area contributed by atoms with Gasteiger partial charge in [0.2, 0.25) is 0 Å². The van der Waals surface area contributed by atoms with Crippen molar-refractivity contribution >= 4 is 27.5 Å². The highest BCUT2D eigenvalue weighted by Gasteiger charge is 2.11. The third-order valence-corrected chi connectivity index (χ3v) is 5.72. The number of aromatic nitrogens is 1. The van der Waals surface area contributed by atoms with E-state index < -0.39 is 0 Å². The molecule has 0 unspecified atom stereocenters. The molecule has 1 aromatic heterocycles. The van der Waals surface area contributed by atoms with Crippen LogP contribution in [-0.2, 0) is 13.1 Å². The minimum Gasteiger partial charge on any atom is -0.348 e. The van der Waals surface area contributed by atoms with Gasteiger partial charge in [-0.25, -0.2) is 4.98 Å². The maximum atomic E-state index is 12.4. The summed E-state index contributed by atoms with van der Waals surface area (Å²) >= 11 is 1.55. The van der Waals surface area contributed by atoms with Crippen LogP contribution in [-0.4, -0.2) is 28.9 Å². The van der Waals surface area contributed by atoms with Crippen LogP contribution in [0.5, 0.6) is 0 Å². The zero-order valence-electron chi connectivity index (χ0n) is 14.8. The van der Waals surface area contributed by atoms with E-state index in [1.54, 1.807) is 16.8 Å². The van der Waals surface area contributed by atoms with Gasteiger partial charge in [0.15, 0.2) is 0 Å². The Morgan fingerprint density at radius 2 is 1.81 bits per heavy atom. The maximum absolute atomic E-state index is 12.4. The number of carbonyl (C=O) groups is 1. The van der Waals surface area contributed by atoms with Gasteiger partial charge in [-0.2, -0.15) is 0 Å². The fraction of sp³-hybridized carbons (Fsp3) is 0.333. The molecule has 134 valence electrons.